The lowest BCUT2D eigenvalue weighted by atomic mass is 9.86. The maximum atomic E-state index is 12.0. The van der Waals surface area contributed by atoms with Gasteiger partial charge in [0.05, 0.1) is 0 Å². The lowest BCUT2D eigenvalue weighted by Crippen LogP contribution is -2.27. The van der Waals surface area contributed by atoms with E-state index in [0.29, 0.717) is 12.8 Å². The number of aliphatic carboxylic acids is 1. The molecule has 0 saturated heterocycles. The molecule has 32 heavy (non-hydrogen) atoms. The van der Waals surface area contributed by atoms with Crippen molar-refractivity contribution in [1.29, 1.82) is 0 Å². The second kappa shape index (κ2) is 19.4. The maximum absolute atomic E-state index is 12.0. The number of unbranched alkanes of at least 4 members (excludes halogenated alkanes) is 11. The van der Waals surface area contributed by atoms with Crippen LogP contribution in [0.15, 0.2) is 0 Å². The number of esters is 1. The minimum Gasteiger partial charge on any atom is -0.479 e. The predicted octanol–water partition coefficient (Wildman–Crippen LogP) is 8.46. The molecular formula is C28H52O4. The Morgan fingerprint density at radius 3 is 1.81 bits per heavy atom. The minimum absolute atomic E-state index is 0.342. The van der Waals surface area contributed by atoms with Crippen LogP contribution >= 0.6 is 0 Å². The first-order valence-corrected chi connectivity index (χ1v) is 14.0. The summed E-state index contributed by atoms with van der Waals surface area (Å²) in [6.07, 6.45) is 23.4. The molecule has 0 aliphatic heterocycles. The average molecular weight is 453 g/mol. The van der Waals surface area contributed by atoms with Crippen LogP contribution in [0.1, 0.15) is 149 Å². The van der Waals surface area contributed by atoms with Gasteiger partial charge in [-0.1, -0.05) is 123 Å². The molecule has 1 N–H and O–H groups in total. The van der Waals surface area contributed by atoms with Crippen LogP contribution in [0.5, 0.6) is 0 Å². The molecule has 1 saturated carbocycles. The van der Waals surface area contributed by atoms with E-state index in [9.17, 15) is 14.7 Å². The molecule has 0 spiro atoms. The number of carboxylic acids is 1. The Morgan fingerprint density at radius 2 is 1.25 bits per heavy atom. The van der Waals surface area contributed by atoms with Gasteiger partial charge in [0.1, 0.15) is 0 Å². The standard InChI is InChI=1S/C28H52O4/c1-3-5-7-9-11-13-18-24-20-17-21-25(24)19-14-12-15-22-26(28(30)31)32-27(29)23-16-10-8-6-4-2/h24-26H,3-23H2,1-2H3,(H,30,31)/t24-,25-,26?/m0/s1. The zero-order valence-electron chi connectivity index (χ0n) is 21.3. The van der Waals surface area contributed by atoms with E-state index < -0.39 is 12.1 Å². The van der Waals surface area contributed by atoms with Crippen LogP contribution in [0, 0.1) is 11.8 Å². The number of ether oxygens (including phenoxy) is 1. The zero-order chi connectivity index (χ0) is 23.4. The molecule has 0 radical (unpaired) electrons. The van der Waals surface area contributed by atoms with E-state index >= 15 is 0 Å². The van der Waals surface area contributed by atoms with Crippen LogP contribution in [0.25, 0.3) is 0 Å². The van der Waals surface area contributed by atoms with Crippen molar-refractivity contribution < 1.29 is 19.4 Å². The van der Waals surface area contributed by atoms with E-state index in [1.165, 1.54) is 89.9 Å². The number of hydrogen-bond acceptors (Lipinski definition) is 3. The third kappa shape index (κ3) is 14.2. The first kappa shape index (κ1) is 29.0. The highest BCUT2D eigenvalue weighted by Gasteiger charge is 2.26. The van der Waals surface area contributed by atoms with Crippen LogP contribution < -0.4 is 0 Å². The summed E-state index contributed by atoms with van der Waals surface area (Å²) in [7, 11) is 0. The van der Waals surface area contributed by atoms with Gasteiger partial charge < -0.3 is 9.84 Å². The highest BCUT2D eigenvalue weighted by atomic mass is 16.6. The number of carboxylic acid groups (broad SMARTS) is 1. The van der Waals surface area contributed by atoms with Crippen molar-refractivity contribution in [3.05, 3.63) is 0 Å². The summed E-state index contributed by atoms with van der Waals surface area (Å²) in [5, 5.41) is 9.40. The molecule has 0 aromatic heterocycles. The molecule has 0 aromatic rings. The Morgan fingerprint density at radius 1 is 0.750 bits per heavy atom. The molecule has 4 nitrogen and oxygen atoms in total. The van der Waals surface area contributed by atoms with Gasteiger partial charge in [0.2, 0.25) is 0 Å². The quantitative estimate of drug-likeness (QED) is 0.140. The third-order valence-electron chi connectivity index (χ3n) is 7.32. The van der Waals surface area contributed by atoms with E-state index in [4.69, 9.17) is 4.74 Å². The van der Waals surface area contributed by atoms with Gasteiger partial charge in [-0.15, -0.1) is 0 Å². The molecule has 3 atom stereocenters. The van der Waals surface area contributed by atoms with Crippen LogP contribution in [-0.4, -0.2) is 23.1 Å². The molecule has 188 valence electrons. The molecule has 0 bridgehead atoms. The van der Waals surface area contributed by atoms with Crippen LogP contribution in [-0.2, 0) is 14.3 Å². The van der Waals surface area contributed by atoms with Gasteiger partial charge in [-0.25, -0.2) is 4.79 Å². The van der Waals surface area contributed by atoms with Crippen molar-refractivity contribution in [3.63, 3.8) is 0 Å². The van der Waals surface area contributed by atoms with Crippen molar-refractivity contribution in [2.75, 3.05) is 0 Å². The summed E-state index contributed by atoms with van der Waals surface area (Å²) in [5.74, 6) is 0.453. The molecular weight excluding hydrogens is 400 g/mol. The summed E-state index contributed by atoms with van der Waals surface area (Å²) in [6, 6.07) is 0. The van der Waals surface area contributed by atoms with Crippen molar-refractivity contribution in [1.82, 2.24) is 0 Å². The molecule has 1 rings (SSSR count). The van der Waals surface area contributed by atoms with Crippen LogP contribution in [0.3, 0.4) is 0 Å². The topological polar surface area (TPSA) is 63.6 Å². The van der Waals surface area contributed by atoms with E-state index in [1.807, 2.05) is 0 Å². The lowest BCUT2D eigenvalue weighted by molar-refractivity contribution is -0.164. The Kier molecular flexibility index (Phi) is 17.6. The average Bonchev–Trinajstić information content (AvgIpc) is 3.22. The molecule has 0 heterocycles. The number of hydrogen-bond donors (Lipinski definition) is 1. The first-order valence-electron chi connectivity index (χ1n) is 14.0. The SMILES string of the molecule is CCCCCCCC[C@H]1CCC[C@@H]1CCCCCC(OC(=O)CCCCCCC)C(=O)O. The second-order valence-corrected chi connectivity index (χ2v) is 10.1. The highest BCUT2D eigenvalue weighted by Crippen LogP contribution is 2.38. The summed E-state index contributed by atoms with van der Waals surface area (Å²) < 4.78 is 5.26. The number of rotatable bonds is 21. The Bertz CT molecular complexity index is 476. The Hall–Kier alpha value is -1.06. The molecule has 1 unspecified atom stereocenters. The predicted molar refractivity (Wildman–Crippen MR) is 133 cm³/mol. The van der Waals surface area contributed by atoms with Gasteiger partial charge >= 0.3 is 11.9 Å². The monoisotopic (exact) mass is 452 g/mol. The number of carbonyl (C=O) groups excluding carboxylic acids is 1. The third-order valence-corrected chi connectivity index (χ3v) is 7.32. The maximum Gasteiger partial charge on any atom is 0.345 e. The smallest absolute Gasteiger partial charge is 0.345 e. The number of carbonyl (C=O) groups is 2. The fourth-order valence-electron chi connectivity index (χ4n) is 5.30. The van der Waals surface area contributed by atoms with E-state index in [1.54, 1.807) is 0 Å². The minimum atomic E-state index is -1.00. The van der Waals surface area contributed by atoms with Gasteiger partial charge in [0.25, 0.3) is 0 Å². The van der Waals surface area contributed by atoms with Gasteiger partial charge in [-0.2, -0.15) is 0 Å². The van der Waals surface area contributed by atoms with Gasteiger partial charge in [-0.3, -0.25) is 4.79 Å². The summed E-state index contributed by atoms with van der Waals surface area (Å²) in [6.45, 7) is 4.43. The van der Waals surface area contributed by atoms with Crippen molar-refractivity contribution in [2.45, 2.75) is 155 Å². The molecule has 1 aliphatic carbocycles. The van der Waals surface area contributed by atoms with Gasteiger partial charge in [0.15, 0.2) is 6.10 Å². The second-order valence-electron chi connectivity index (χ2n) is 10.1. The van der Waals surface area contributed by atoms with Crippen LogP contribution in [0.4, 0.5) is 0 Å². The van der Waals surface area contributed by atoms with E-state index in [2.05, 4.69) is 13.8 Å². The molecule has 0 amide bonds. The molecule has 1 aliphatic rings. The summed E-state index contributed by atoms with van der Waals surface area (Å²) in [5.41, 5.74) is 0. The van der Waals surface area contributed by atoms with Crippen molar-refractivity contribution in [2.24, 2.45) is 11.8 Å². The Labute approximate surface area is 198 Å². The fraction of sp³-hybridized carbons (Fsp3) is 0.929. The molecule has 1 fully saturated rings. The molecule has 4 heteroatoms. The van der Waals surface area contributed by atoms with Gasteiger partial charge in [0, 0.05) is 6.42 Å². The highest BCUT2D eigenvalue weighted by molar-refractivity contribution is 5.77. The lowest BCUT2D eigenvalue weighted by Gasteiger charge is -2.20. The van der Waals surface area contributed by atoms with Gasteiger partial charge in [-0.05, 0) is 31.1 Å². The van der Waals surface area contributed by atoms with E-state index in [-0.39, 0.29) is 5.97 Å². The Balaban J connectivity index is 2.13. The van der Waals surface area contributed by atoms with Crippen molar-refractivity contribution >= 4 is 11.9 Å². The molecule has 0 aromatic carbocycles. The first-order chi connectivity index (χ1) is 15.6. The largest absolute Gasteiger partial charge is 0.479 e. The zero-order valence-corrected chi connectivity index (χ0v) is 21.3. The summed E-state index contributed by atoms with van der Waals surface area (Å²) >= 11 is 0. The van der Waals surface area contributed by atoms with Crippen LogP contribution in [0.2, 0.25) is 0 Å². The summed E-state index contributed by atoms with van der Waals surface area (Å²) in [4.78, 5) is 23.4. The van der Waals surface area contributed by atoms with E-state index in [0.717, 1.165) is 43.9 Å². The normalized spacial score (nSPS) is 19.2. The fourth-order valence-corrected chi connectivity index (χ4v) is 5.30. The van der Waals surface area contributed by atoms with Crippen molar-refractivity contribution in [3.8, 4) is 0 Å².